The first-order valence-corrected chi connectivity index (χ1v) is 7.29. The SMILES string of the molecule is CC(=O)CC(=O)C(=O)[O][Al]([CH](C)C)[CH](C)C. The van der Waals surface area contributed by atoms with Gasteiger partial charge in [0.05, 0.1) is 6.42 Å². The van der Waals surface area contributed by atoms with E-state index in [2.05, 4.69) is 0 Å². The minimum atomic E-state index is -1.72. The van der Waals surface area contributed by atoms with Crippen molar-refractivity contribution in [3.05, 3.63) is 0 Å². The highest BCUT2D eigenvalue weighted by atomic mass is 27.2. The largest absolute Gasteiger partial charge is 0.610 e. The second kappa shape index (κ2) is 6.82. The Morgan fingerprint density at radius 2 is 1.50 bits per heavy atom. The van der Waals surface area contributed by atoms with Crippen molar-refractivity contribution in [2.75, 3.05) is 0 Å². The molecule has 0 atom stereocenters. The van der Waals surface area contributed by atoms with Crippen LogP contribution < -0.4 is 0 Å². The minimum absolute atomic E-state index is 0.286. The maximum absolute atomic E-state index is 11.4. The van der Waals surface area contributed by atoms with Crippen molar-refractivity contribution >= 4 is 32.0 Å². The van der Waals surface area contributed by atoms with Gasteiger partial charge < -0.3 is 3.79 Å². The zero-order valence-electron chi connectivity index (χ0n) is 10.6. The molecule has 0 aliphatic rings. The summed E-state index contributed by atoms with van der Waals surface area (Å²) >= 11 is -1.72. The number of rotatable bonds is 6. The molecule has 5 heteroatoms. The highest BCUT2D eigenvalue weighted by molar-refractivity contribution is 6.59. The molecule has 0 aromatic heterocycles. The van der Waals surface area contributed by atoms with Crippen LogP contribution in [0.5, 0.6) is 0 Å². The van der Waals surface area contributed by atoms with Gasteiger partial charge in [0.15, 0.2) is 0 Å². The zero-order valence-corrected chi connectivity index (χ0v) is 11.7. The molecule has 0 saturated heterocycles. The monoisotopic (exact) mass is 242 g/mol. The van der Waals surface area contributed by atoms with E-state index in [-0.39, 0.29) is 21.8 Å². The Balaban J connectivity index is 4.41. The minimum Gasteiger partial charge on any atom is -0.610 e. The average molecular weight is 242 g/mol. The third-order valence-corrected chi connectivity index (χ3v) is 5.31. The van der Waals surface area contributed by atoms with E-state index in [1.807, 2.05) is 27.7 Å². The Hall–Kier alpha value is -0.658. The van der Waals surface area contributed by atoms with Crippen LogP contribution in [0.25, 0.3) is 0 Å². The third-order valence-electron chi connectivity index (χ3n) is 2.19. The molecule has 0 aliphatic carbocycles. The average Bonchev–Trinajstić information content (AvgIpc) is 2.11. The molecule has 90 valence electrons. The second-order valence-electron chi connectivity index (χ2n) is 4.66. The topological polar surface area (TPSA) is 60.4 Å². The van der Waals surface area contributed by atoms with Crippen LogP contribution >= 0.6 is 0 Å². The Bertz CT molecular complexity index is 276. The van der Waals surface area contributed by atoms with Crippen LogP contribution in [0.15, 0.2) is 0 Å². The van der Waals surface area contributed by atoms with E-state index in [4.69, 9.17) is 3.79 Å². The lowest BCUT2D eigenvalue weighted by atomic mass is 10.2. The molecule has 16 heavy (non-hydrogen) atoms. The van der Waals surface area contributed by atoms with Crippen molar-refractivity contribution in [2.24, 2.45) is 0 Å². The number of carbonyl (C=O) groups excluding carboxylic acids is 3. The maximum Gasteiger partial charge on any atom is 0.554 e. The van der Waals surface area contributed by atoms with E-state index < -0.39 is 26.2 Å². The molecule has 0 rings (SSSR count). The molecule has 0 spiro atoms. The van der Waals surface area contributed by atoms with E-state index in [0.29, 0.717) is 0 Å². The number of carbonyl (C=O) groups is 3. The fraction of sp³-hybridized carbons (Fsp3) is 0.727. The molecule has 0 saturated carbocycles. The van der Waals surface area contributed by atoms with Crippen molar-refractivity contribution in [3.8, 4) is 0 Å². The summed E-state index contributed by atoms with van der Waals surface area (Å²) in [6, 6.07) is 0. The smallest absolute Gasteiger partial charge is 0.554 e. The molecule has 0 fully saturated rings. The van der Waals surface area contributed by atoms with E-state index in [1.54, 1.807) is 0 Å². The van der Waals surface area contributed by atoms with E-state index in [0.717, 1.165) is 0 Å². The van der Waals surface area contributed by atoms with Crippen molar-refractivity contribution in [1.82, 2.24) is 0 Å². The number of hydrogen-bond donors (Lipinski definition) is 0. The van der Waals surface area contributed by atoms with Gasteiger partial charge >= 0.3 is 20.5 Å². The normalized spacial score (nSPS) is 10.4. The molecule has 0 aliphatic heterocycles. The lowest BCUT2D eigenvalue weighted by Crippen LogP contribution is -2.32. The van der Waals surface area contributed by atoms with Gasteiger partial charge in [-0.1, -0.05) is 27.7 Å². The van der Waals surface area contributed by atoms with Crippen LogP contribution in [0.1, 0.15) is 41.0 Å². The van der Waals surface area contributed by atoms with E-state index >= 15 is 0 Å². The maximum atomic E-state index is 11.4. The number of Topliss-reactive ketones (excluding diaryl/α,β-unsaturated/α-hetero) is 2. The first-order valence-electron chi connectivity index (χ1n) is 5.49. The van der Waals surface area contributed by atoms with Crippen LogP contribution in [0.3, 0.4) is 0 Å². The van der Waals surface area contributed by atoms with E-state index in [9.17, 15) is 14.4 Å². The number of hydrogen-bond acceptors (Lipinski definition) is 4. The molecule has 0 heterocycles. The van der Waals surface area contributed by atoms with Crippen LogP contribution in [0.2, 0.25) is 9.56 Å². The van der Waals surface area contributed by atoms with Crippen LogP contribution in [0, 0.1) is 0 Å². The highest BCUT2D eigenvalue weighted by Gasteiger charge is 2.35. The van der Waals surface area contributed by atoms with Crippen LogP contribution in [0.4, 0.5) is 0 Å². The predicted octanol–water partition coefficient (Wildman–Crippen LogP) is 1.89. The summed E-state index contributed by atoms with van der Waals surface area (Å²) in [5.74, 6) is -1.88. The molecule has 0 amide bonds. The van der Waals surface area contributed by atoms with Crippen LogP contribution in [-0.2, 0) is 18.2 Å². The Kier molecular flexibility index (Phi) is 6.54. The fourth-order valence-corrected chi connectivity index (χ4v) is 3.99. The van der Waals surface area contributed by atoms with Gasteiger partial charge in [-0.05, 0) is 16.5 Å². The molecule has 0 unspecified atom stereocenters. The Labute approximate surface area is 101 Å². The second-order valence-corrected chi connectivity index (χ2v) is 8.49. The van der Waals surface area contributed by atoms with Gasteiger partial charge in [0, 0.05) is 0 Å². The molecular weight excluding hydrogens is 223 g/mol. The summed E-state index contributed by atoms with van der Waals surface area (Å²) in [5.41, 5.74) is 0. The fourth-order valence-electron chi connectivity index (χ4n) is 1.53. The van der Waals surface area contributed by atoms with Crippen molar-refractivity contribution in [2.45, 2.75) is 50.6 Å². The van der Waals surface area contributed by atoms with Gasteiger partial charge in [0.2, 0.25) is 5.78 Å². The summed E-state index contributed by atoms with van der Waals surface area (Å²) in [6.07, 6.45) is -0.351. The van der Waals surface area contributed by atoms with Gasteiger partial charge in [0.1, 0.15) is 5.78 Å². The summed E-state index contributed by atoms with van der Waals surface area (Å²) in [7, 11) is 0. The van der Waals surface area contributed by atoms with Crippen LogP contribution in [-0.4, -0.2) is 32.0 Å². The van der Waals surface area contributed by atoms with Gasteiger partial charge in [-0.15, -0.1) is 0 Å². The van der Waals surface area contributed by atoms with Gasteiger partial charge in [0.25, 0.3) is 0 Å². The summed E-state index contributed by atoms with van der Waals surface area (Å²) in [4.78, 5) is 33.4. The highest BCUT2D eigenvalue weighted by Crippen LogP contribution is 2.21. The molecule has 0 radical (unpaired) electrons. The summed E-state index contributed by atoms with van der Waals surface area (Å²) in [5, 5.41) is 0. The molecule has 0 N–H and O–H groups in total. The lowest BCUT2D eigenvalue weighted by molar-refractivity contribution is -0.148. The molecule has 4 nitrogen and oxygen atoms in total. The first-order chi connectivity index (χ1) is 7.25. The first kappa shape index (κ1) is 15.3. The zero-order chi connectivity index (χ0) is 12.9. The predicted molar refractivity (Wildman–Crippen MR) is 62.3 cm³/mol. The molecular formula is C11H19AlO4. The molecule has 0 aromatic carbocycles. The van der Waals surface area contributed by atoms with Crippen molar-refractivity contribution < 1.29 is 18.2 Å². The third kappa shape index (κ3) is 5.43. The molecule has 0 bridgehead atoms. The Morgan fingerprint density at radius 3 is 1.81 bits per heavy atom. The standard InChI is InChI=1S/C5H6O4.2C3H7.Al/c1-3(6)2-4(7)5(8)9;2*1-3-2;/h2H2,1H3,(H,8,9);2*3H,1-2H3;/q;;;+1/p-1. The summed E-state index contributed by atoms with van der Waals surface area (Å²) < 4.78 is 5.81. The Morgan fingerprint density at radius 1 is 1.06 bits per heavy atom. The van der Waals surface area contributed by atoms with Gasteiger partial charge in [-0.2, -0.15) is 0 Å². The van der Waals surface area contributed by atoms with Crippen molar-refractivity contribution in [3.63, 3.8) is 0 Å². The molecule has 0 aromatic rings. The van der Waals surface area contributed by atoms with Gasteiger partial charge in [-0.25, -0.2) is 4.79 Å². The summed E-state index contributed by atoms with van der Waals surface area (Å²) in [6.45, 7) is 9.23. The number of ketones is 2. The van der Waals surface area contributed by atoms with Crippen molar-refractivity contribution in [1.29, 1.82) is 0 Å². The quantitative estimate of drug-likeness (QED) is 0.405. The lowest BCUT2D eigenvalue weighted by Gasteiger charge is -2.18. The van der Waals surface area contributed by atoms with E-state index in [1.165, 1.54) is 6.92 Å². The van der Waals surface area contributed by atoms with Gasteiger partial charge in [-0.3, -0.25) is 9.59 Å².